The summed E-state index contributed by atoms with van der Waals surface area (Å²) in [6, 6.07) is 4.57. The first-order chi connectivity index (χ1) is 10.0. The number of urea groups is 1. The van der Waals surface area contributed by atoms with Gasteiger partial charge >= 0.3 is 12.0 Å². The van der Waals surface area contributed by atoms with E-state index in [4.69, 9.17) is 11.6 Å². The molecule has 5 nitrogen and oxygen atoms in total. The fourth-order valence-corrected chi connectivity index (χ4v) is 2.94. The fourth-order valence-electron chi connectivity index (χ4n) is 2.68. The van der Waals surface area contributed by atoms with E-state index in [0.717, 1.165) is 25.7 Å². The third-order valence-electron chi connectivity index (χ3n) is 3.91. The summed E-state index contributed by atoms with van der Waals surface area (Å²) in [7, 11) is 1.75. The number of carboxylic acid groups (broad SMARTS) is 1. The number of aromatic carboxylic acids is 1. The Balaban J connectivity index is 2.12. The molecule has 0 bridgehead atoms. The molecule has 21 heavy (non-hydrogen) atoms. The Kier molecular flexibility index (Phi) is 5.07. The molecule has 0 aliphatic heterocycles. The van der Waals surface area contributed by atoms with Crippen molar-refractivity contribution in [2.24, 2.45) is 0 Å². The first-order valence-electron chi connectivity index (χ1n) is 7.06. The number of carboxylic acids is 1. The first kappa shape index (κ1) is 15.6. The quantitative estimate of drug-likeness (QED) is 0.891. The highest BCUT2D eigenvalue weighted by Gasteiger charge is 2.23. The molecule has 1 aliphatic carbocycles. The van der Waals surface area contributed by atoms with Gasteiger partial charge in [0.15, 0.2) is 0 Å². The van der Waals surface area contributed by atoms with Gasteiger partial charge in [0.25, 0.3) is 0 Å². The zero-order chi connectivity index (χ0) is 15.4. The molecule has 1 aliphatic rings. The molecule has 2 amide bonds. The van der Waals surface area contributed by atoms with E-state index in [1.54, 1.807) is 24.1 Å². The Bertz CT molecular complexity index is 542. The van der Waals surface area contributed by atoms with Crippen molar-refractivity contribution >= 4 is 29.3 Å². The second-order valence-corrected chi connectivity index (χ2v) is 5.71. The van der Waals surface area contributed by atoms with Gasteiger partial charge < -0.3 is 15.3 Å². The van der Waals surface area contributed by atoms with Gasteiger partial charge in [-0.1, -0.05) is 36.9 Å². The molecule has 0 saturated heterocycles. The number of hydrogen-bond acceptors (Lipinski definition) is 2. The van der Waals surface area contributed by atoms with Crippen LogP contribution in [-0.4, -0.2) is 35.1 Å². The maximum absolute atomic E-state index is 12.3. The Morgan fingerprint density at radius 1 is 1.29 bits per heavy atom. The van der Waals surface area contributed by atoms with E-state index in [9.17, 15) is 14.7 Å². The summed E-state index contributed by atoms with van der Waals surface area (Å²) >= 11 is 5.89. The molecule has 114 valence electrons. The van der Waals surface area contributed by atoms with Gasteiger partial charge in [-0.2, -0.15) is 0 Å². The molecule has 1 fully saturated rings. The normalized spacial score (nSPS) is 15.5. The van der Waals surface area contributed by atoms with Gasteiger partial charge in [0.2, 0.25) is 0 Å². The van der Waals surface area contributed by atoms with E-state index in [-0.39, 0.29) is 28.3 Å². The maximum Gasteiger partial charge on any atom is 0.339 e. The van der Waals surface area contributed by atoms with Crippen molar-refractivity contribution in [2.75, 3.05) is 12.4 Å². The van der Waals surface area contributed by atoms with Crippen LogP contribution >= 0.6 is 11.6 Å². The lowest BCUT2D eigenvalue weighted by Crippen LogP contribution is -2.41. The smallest absolute Gasteiger partial charge is 0.339 e. The molecule has 0 spiro atoms. The monoisotopic (exact) mass is 310 g/mol. The highest BCUT2D eigenvalue weighted by molar-refractivity contribution is 6.34. The fraction of sp³-hybridized carbons (Fsp3) is 0.467. The molecule has 0 aromatic heterocycles. The topological polar surface area (TPSA) is 69.6 Å². The van der Waals surface area contributed by atoms with Gasteiger partial charge in [-0.25, -0.2) is 9.59 Å². The van der Waals surface area contributed by atoms with Gasteiger partial charge in [-0.05, 0) is 25.0 Å². The van der Waals surface area contributed by atoms with Crippen molar-refractivity contribution in [2.45, 2.75) is 38.1 Å². The number of halogens is 1. The van der Waals surface area contributed by atoms with Gasteiger partial charge in [-0.15, -0.1) is 0 Å². The van der Waals surface area contributed by atoms with Crippen LogP contribution in [-0.2, 0) is 0 Å². The van der Waals surface area contributed by atoms with Gasteiger partial charge in [0.1, 0.15) is 5.56 Å². The highest BCUT2D eigenvalue weighted by atomic mass is 35.5. The zero-order valence-corrected chi connectivity index (χ0v) is 12.7. The van der Waals surface area contributed by atoms with Crippen molar-refractivity contribution in [1.82, 2.24) is 4.90 Å². The lowest BCUT2D eigenvalue weighted by molar-refractivity contribution is 0.0698. The van der Waals surface area contributed by atoms with E-state index < -0.39 is 5.97 Å². The third kappa shape index (κ3) is 3.67. The number of nitrogens with zero attached hydrogens (tertiary/aromatic N) is 1. The molecular weight excluding hydrogens is 292 g/mol. The first-order valence-corrected chi connectivity index (χ1v) is 7.44. The molecule has 0 unspecified atom stereocenters. The number of hydrogen-bond donors (Lipinski definition) is 2. The number of rotatable bonds is 3. The molecule has 1 aromatic carbocycles. The molecule has 0 radical (unpaired) electrons. The highest BCUT2D eigenvalue weighted by Crippen LogP contribution is 2.26. The molecule has 0 atom stereocenters. The minimum absolute atomic E-state index is 0.0791. The SMILES string of the molecule is CN(C(=O)Nc1cccc(Cl)c1C(=O)O)C1CCCCC1. The van der Waals surface area contributed by atoms with Crippen LogP contribution < -0.4 is 5.32 Å². The van der Waals surface area contributed by atoms with Crippen LogP contribution in [0, 0.1) is 0 Å². The Morgan fingerprint density at radius 3 is 2.57 bits per heavy atom. The van der Waals surface area contributed by atoms with Gasteiger partial charge in [-0.3, -0.25) is 0 Å². The van der Waals surface area contributed by atoms with Crippen molar-refractivity contribution in [3.8, 4) is 0 Å². The average Bonchev–Trinajstić information content (AvgIpc) is 2.47. The summed E-state index contributed by atoms with van der Waals surface area (Å²) in [5.74, 6) is -1.16. The summed E-state index contributed by atoms with van der Waals surface area (Å²) in [6.07, 6.45) is 5.44. The van der Waals surface area contributed by atoms with Crippen LogP contribution in [0.5, 0.6) is 0 Å². The number of benzene rings is 1. The zero-order valence-electron chi connectivity index (χ0n) is 11.9. The van der Waals surface area contributed by atoms with E-state index in [0.29, 0.717) is 0 Å². The van der Waals surface area contributed by atoms with E-state index >= 15 is 0 Å². The van der Waals surface area contributed by atoms with Crippen LogP contribution in [0.3, 0.4) is 0 Å². The third-order valence-corrected chi connectivity index (χ3v) is 4.23. The van der Waals surface area contributed by atoms with Crippen LogP contribution in [0.1, 0.15) is 42.5 Å². The second-order valence-electron chi connectivity index (χ2n) is 5.30. The Morgan fingerprint density at radius 2 is 1.95 bits per heavy atom. The molecule has 1 aromatic rings. The van der Waals surface area contributed by atoms with Crippen molar-refractivity contribution in [3.63, 3.8) is 0 Å². The standard InChI is InChI=1S/C15H19ClN2O3/c1-18(10-6-3-2-4-7-10)15(21)17-12-9-5-8-11(16)13(12)14(19)20/h5,8-10H,2-4,6-7H2,1H3,(H,17,21)(H,19,20). The summed E-state index contributed by atoms with van der Waals surface area (Å²) in [4.78, 5) is 25.2. The van der Waals surface area contributed by atoms with Crippen LogP contribution in [0.15, 0.2) is 18.2 Å². The summed E-state index contributed by atoms with van der Waals surface area (Å²) in [5, 5.41) is 12.0. The van der Waals surface area contributed by atoms with Gasteiger partial charge in [0.05, 0.1) is 10.7 Å². The molecular formula is C15H19ClN2O3. The minimum Gasteiger partial charge on any atom is -0.478 e. The van der Waals surface area contributed by atoms with E-state index in [2.05, 4.69) is 5.32 Å². The molecule has 1 saturated carbocycles. The van der Waals surface area contributed by atoms with Crippen molar-refractivity contribution in [3.05, 3.63) is 28.8 Å². The summed E-state index contributed by atoms with van der Waals surface area (Å²) < 4.78 is 0. The lowest BCUT2D eigenvalue weighted by Gasteiger charge is -2.31. The number of carbonyl (C=O) groups is 2. The lowest BCUT2D eigenvalue weighted by atomic mass is 9.95. The second kappa shape index (κ2) is 6.80. The number of amides is 2. The number of carbonyl (C=O) groups excluding carboxylic acids is 1. The molecule has 2 N–H and O–H groups in total. The van der Waals surface area contributed by atoms with E-state index in [1.807, 2.05) is 0 Å². The van der Waals surface area contributed by atoms with Gasteiger partial charge in [0, 0.05) is 13.1 Å². The number of anilines is 1. The Hall–Kier alpha value is -1.75. The molecule has 6 heteroatoms. The van der Waals surface area contributed by atoms with Crippen molar-refractivity contribution < 1.29 is 14.7 Å². The maximum atomic E-state index is 12.3. The molecule has 0 heterocycles. The summed E-state index contributed by atoms with van der Waals surface area (Å²) in [6.45, 7) is 0. The van der Waals surface area contributed by atoms with Crippen LogP contribution in [0.4, 0.5) is 10.5 Å². The minimum atomic E-state index is -1.16. The summed E-state index contributed by atoms with van der Waals surface area (Å²) in [5.41, 5.74) is 0.146. The Labute approximate surface area is 128 Å². The van der Waals surface area contributed by atoms with Crippen LogP contribution in [0.25, 0.3) is 0 Å². The molecule has 2 rings (SSSR count). The largest absolute Gasteiger partial charge is 0.478 e. The average molecular weight is 311 g/mol. The van der Waals surface area contributed by atoms with E-state index in [1.165, 1.54) is 12.5 Å². The number of nitrogens with one attached hydrogen (secondary N) is 1. The van der Waals surface area contributed by atoms with Crippen LogP contribution in [0.2, 0.25) is 5.02 Å². The predicted octanol–water partition coefficient (Wildman–Crippen LogP) is 3.83. The predicted molar refractivity (Wildman–Crippen MR) is 82.1 cm³/mol. The van der Waals surface area contributed by atoms with Crippen molar-refractivity contribution in [1.29, 1.82) is 0 Å².